The number of sulfonamides is 2. The Kier molecular flexibility index (Phi) is 6.75. The van der Waals surface area contributed by atoms with Crippen LogP contribution in [0.4, 0.5) is 5.69 Å². The second kappa shape index (κ2) is 9.02. The van der Waals surface area contributed by atoms with Crippen molar-refractivity contribution in [1.82, 2.24) is 10.3 Å². The number of hydrogen-bond donors (Lipinski definition) is 3. The van der Waals surface area contributed by atoms with Crippen molar-refractivity contribution in [2.45, 2.75) is 35.3 Å². The second-order valence-corrected chi connectivity index (χ2v) is 12.5. The van der Waals surface area contributed by atoms with E-state index in [0.717, 1.165) is 16.9 Å². The van der Waals surface area contributed by atoms with E-state index >= 15 is 0 Å². The molecule has 170 valence electrons. The molecular weight excluding hydrogens is 470 g/mol. The number of carbonyl (C=O) groups is 1. The Hall–Kier alpha value is -2.73. The van der Waals surface area contributed by atoms with E-state index in [1.807, 2.05) is 25.6 Å². The number of anilines is 1. The molecular formula is C21H23N3O5S3. The zero-order chi connectivity index (χ0) is 23.6. The molecule has 0 radical (unpaired) electrons. The molecule has 0 unspecified atom stereocenters. The lowest BCUT2D eigenvalue weighted by Gasteiger charge is -2.19. The number of rotatable bonds is 7. The van der Waals surface area contributed by atoms with Crippen LogP contribution in [0.25, 0.3) is 0 Å². The number of nitrogens with one attached hydrogen (secondary N) is 3. The molecule has 0 aliphatic rings. The SMILES string of the molecule is CC(C)(C)c1ccc(S(=O)(=O)NNC(=O)c2ccccc2NS(=O)(=O)c2cccs2)cc1. The van der Waals surface area contributed by atoms with Gasteiger partial charge in [-0.15, -0.1) is 16.2 Å². The van der Waals surface area contributed by atoms with Gasteiger partial charge in [0.1, 0.15) is 4.21 Å². The van der Waals surface area contributed by atoms with Gasteiger partial charge in [0.25, 0.3) is 26.0 Å². The summed E-state index contributed by atoms with van der Waals surface area (Å²) >= 11 is 1.03. The van der Waals surface area contributed by atoms with Crippen LogP contribution in [0.5, 0.6) is 0 Å². The van der Waals surface area contributed by atoms with Crippen molar-refractivity contribution in [2.75, 3.05) is 4.72 Å². The molecule has 0 saturated carbocycles. The fourth-order valence-electron chi connectivity index (χ4n) is 2.76. The maximum absolute atomic E-state index is 12.6. The van der Waals surface area contributed by atoms with Crippen LogP contribution < -0.4 is 15.0 Å². The quantitative estimate of drug-likeness (QED) is 0.435. The van der Waals surface area contributed by atoms with Crippen LogP contribution in [-0.4, -0.2) is 22.7 Å². The van der Waals surface area contributed by atoms with Gasteiger partial charge in [0.05, 0.1) is 16.1 Å². The highest BCUT2D eigenvalue weighted by molar-refractivity contribution is 7.94. The lowest BCUT2D eigenvalue weighted by molar-refractivity contribution is 0.0946. The molecule has 0 bridgehead atoms. The molecule has 32 heavy (non-hydrogen) atoms. The minimum Gasteiger partial charge on any atom is -0.278 e. The van der Waals surface area contributed by atoms with E-state index in [4.69, 9.17) is 0 Å². The first-order valence-electron chi connectivity index (χ1n) is 9.48. The van der Waals surface area contributed by atoms with Crippen LogP contribution in [0.1, 0.15) is 36.7 Å². The molecule has 2 aromatic carbocycles. The van der Waals surface area contributed by atoms with Gasteiger partial charge in [0, 0.05) is 0 Å². The average Bonchev–Trinajstić information content (AvgIpc) is 3.28. The molecule has 1 amide bonds. The summed E-state index contributed by atoms with van der Waals surface area (Å²) in [6.45, 7) is 6.04. The summed E-state index contributed by atoms with van der Waals surface area (Å²) in [4.78, 5) is 14.7. The molecule has 0 saturated heterocycles. The number of hydrazine groups is 1. The maximum atomic E-state index is 12.6. The number of amides is 1. The number of thiophene rings is 1. The van der Waals surface area contributed by atoms with Crippen molar-refractivity contribution in [3.8, 4) is 0 Å². The van der Waals surface area contributed by atoms with E-state index in [1.54, 1.807) is 29.6 Å². The Labute approximate surface area is 191 Å². The molecule has 3 N–H and O–H groups in total. The predicted octanol–water partition coefficient (Wildman–Crippen LogP) is 3.47. The summed E-state index contributed by atoms with van der Waals surface area (Å²) in [5, 5.41) is 1.62. The van der Waals surface area contributed by atoms with Gasteiger partial charge in [0.15, 0.2) is 0 Å². The number of para-hydroxylation sites is 1. The normalized spacial score (nSPS) is 12.3. The van der Waals surface area contributed by atoms with E-state index in [2.05, 4.69) is 10.1 Å². The second-order valence-electron chi connectivity index (χ2n) is 7.92. The van der Waals surface area contributed by atoms with Gasteiger partial charge in [-0.1, -0.05) is 51.1 Å². The lowest BCUT2D eigenvalue weighted by Crippen LogP contribution is -2.41. The fraction of sp³-hybridized carbons (Fsp3) is 0.190. The summed E-state index contributed by atoms with van der Waals surface area (Å²) in [6, 6.07) is 15.3. The largest absolute Gasteiger partial charge is 0.278 e. The Bertz CT molecular complexity index is 1310. The maximum Gasteiger partial charge on any atom is 0.271 e. The third-order valence-electron chi connectivity index (χ3n) is 4.51. The molecule has 1 aromatic heterocycles. The van der Waals surface area contributed by atoms with Gasteiger partial charge in [-0.25, -0.2) is 16.8 Å². The fourth-order valence-corrected chi connectivity index (χ4v) is 5.67. The predicted molar refractivity (Wildman–Crippen MR) is 124 cm³/mol. The highest BCUT2D eigenvalue weighted by Gasteiger charge is 2.22. The van der Waals surface area contributed by atoms with Crippen LogP contribution in [0.15, 0.2) is 75.1 Å². The molecule has 11 heteroatoms. The molecule has 0 aliphatic heterocycles. The molecule has 0 spiro atoms. The first-order chi connectivity index (χ1) is 14.9. The topological polar surface area (TPSA) is 121 Å². The van der Waals surface area contributed by atoms with Crippen molar-refractivity contribution in [3.05, 3.63) is 77.2 Å². The minimum atomic E-state index is -4.03. The highest BCUT2D eigenvalue weighted by Crippen LogP contribution is 2.24. The molecule has 3 rings (SSSR count). The standard InChI is InChI=1S/C21H23N3O5S3/c1-21(2,3)15-10-12-16(13-11-15)31(26,27)24-22-20(25)17-7-4-5-8-18(17)23-32(28,29)19-9-6-14-30-19/h4-14,23-24H,1-3H3,(H,22,25). The number of hydrogen-bond acceptors (Lipinski definition) is 6. The molecule has 1 heterocycles. The van der Waals surface area contributed by atoms with Crippen molar-refractivity contribution in [1.29, 1.82) is 0 Å². The van der Waals surface area contributed by atoms with Gasteiger partial charge >= 0.3 is 0 Å². The van der Waals surface area contributed by atoms with Crippen molar-refractivity contribution in [3.63, 3.8) is 0 Å². The Morgan fingerprint density at radius 3 is 2.09 bits per heavy atom. The number of carbonyl (C=O) groups excluding carboxylic acids is 1. The summed E-state index contributed by atoms with van der Waals surface area (Å²) in [5.41, 5.74) is 2.94. The van der Waals surface area contributed by atoms with Gasteiger partial charge < -0.3 is 0 Å². The Morgan fingerprint density at radius 1 is 0.844 bits per heavy atom. The van der Waals surface area contributed by atoms with Crippen molar-refractivity contribution < 1.29 is 21.6 Å². The smallest absolute Gasteiger partial charge is 0.271 e. The van der Waals surface area contributed by atoms with Gasteiger partial charge in [0.2, 0.25) is 0 Å². The third kappa shape index (κ3) is 5.54. The Balaban J connectivity index is 1.75. The van der Waals surface area contributed by atoms with Gasteiger partial charge in [-0.3, -0.25) is 14.9 Å². The van der Waals surface area contributed by atoms with Gasteiger partial charge in [-0.05, 0) is 46.7 Å². The Morgan fingerprint density at radius 2 is 1.50 bits per heavy atom. The van der Waals surface area contributed by atoms with Crippen LogP contribution in [0.2, 0.25) is 0 Å². The van der Waals surface area contributed by atoms with Crippen LogP contribution in [-0.2, 0) is 25.5 Å². The van der Waals surface area contributed by atoms with Gasteiger partial charge in [-0.2, -0.15) is 0 Å². The first-order valence-corrected chi connectivity index (χ1v) is 13.3. The number of benzene rings is 2. The lowest BCUT2D eigenvalue weighted by atomic mass is 9.87. The summed E-state index contributed by atoms with van der Waals surface area (Å²) < 4.78 is 52.6. The molecule has 3 aromatic rings. The van der Waals surface area contributed by atoms with Crippen LogP contribution in [0, 0.1) is 0 Å². The summed E-state index contributed by atoms with van der Waals surface area (Å²) in [6.07, 6.45) is 0. The summed E-state index contributed by atoms with van der Waals surface area (Å²) in [7, 11) is -7.91. The van der Waals surface area contributed by atoms with E-state index in [-0.39, 0.29) is 25.8 Å². The van der Waals surface area contributed by atoms with Crippen molar-refractivity contribution >= 4 is 43.0 Å². The molecule has 0 fully saturated rings. The third-order valence-corrected chi connectivity index (χ3v) is 8.53. The minimum absolute atomic E-state index is 0.0162. The van der Waals surface area contributed by atoms with E-state index in [9.17, 15) is 21.6 Å². The van der Waals surface area contributed by atoms with Crippen molar-refractivity contribution in [2.24, 2.45) is 0 Å². The zero-order valence-electron chi connectivity index (χ0n) is 17.6. The monoisotopic (exact) mass is 493 g/mol. The van der Waals surface area contributed by atoms with E-state index < -0.39 is 26.0 Å². The zero-order valence-corrected chi connectivity index (χ0v) is 20.1. The van der Waals surface area contributed by atoms with Crippen LogP contribution >= 0.6 is 11.3 Å². The van der Waals surface area contributed by atoms with Crippen LogP contribution in [0.3, 0.4) is 0 Å². The summed E-state index contributed by atoms with van der Waals surface area (Å²) in [5.74, 6) is -0.815. The molecule has 0 atom stereocenters. The van der Waals surface area contributed by atoms with E-state index in [0.29, 0.717) is 0 Å². The molecule has 0 aliphatic carbocycles. The molecule has 8 nitrogen and oxygen atoms in total. The van der Waals surface area contributed by atoms with E-state index in [1.165, 1.54) is 36.4 Å². The highest BCUT2D eigenvalue weighted by atomic mass is 32.2. The first kappa shape index (κ1) is 23.9. The average molecular weight is 494 g/mol.